The van der Waals surface area contributed by atoms with Crippen LogP contribution in [0.15, 0.2) is 42.1 Å². The van der Waals surface area contributed by atoms with Gasteiger partial charge in [0.2, 0.25) is 5.75 Å². The molecule has 0 radical (unpaired) electrons. The predicted molar refractivity (Wildman–Crippen MR) is 202 cm³/mol. The minimum atomic E-state index is -1.08. The summed E-state index contributed by atoms with van der Waals surface area (Å²) in [5.74, 6) is -0.636. The summed E-state index contributed by atoms with van der Waals surface area (Å²) in [4.78, 5) is 54.0. The number of carbonyl (C=O) groups excluding carboxylic acids is 3. The Bertz CT molecular complexity index is 1920. The molecule has 16 heteroatoms. The molecule has 0 spiro atoms. The number of nitrogens with one attached hydrogen (secondary N) is 2. The average Bonchev–Trinajstić information content (AvgIpc) is 3.59. The van der Waals surface area contributed by atoms with Gasteiger partial charge in [0, 0.05) is 49.1 Å². The molecule has 0 unspecified atom stereocenters. The number of ether oxygens (including phenoxy) is 8. The van der Waals surface area contributed by atoms with E-state index in [4.69, 9.17) is 38.3 Å². The van der Waals surface area contributed by atoms with Crippen LogP contribution in [0, 0.1) is 17.8 Å². The minimum absolute atomic E-state index is 0.0170. The Morgan fingerprint density at radius 3 is 2.27 bits per heavy atom. The Morgan fingerprint density at radius 2 is 1.68 bits per heavy atom. The number of rotatable bonds is 11. The van der Waals surface area contributed by atoms with E-state index < -0.39 is 36.2 Å². The molecule has 1 saturated carbocycles. The molecule has 304 valence electrons. The first-order valence-corrected chi connectivity index (χ1v) is 18.3. The Labute approximate surface area is 325 Å². The summed E-state index contributed by atoms with van der Waals surface area (Å²) in [6.45, 7) is 4.97. The van der Waals surface area contributed by atoms with Gasteiger partial charge in [0.1, 0.15) is 18.0 Å². The number of methoxy groups -OCH3 is 6. The molecule has 1 aromatic heterocycles. The second-order valence-electron chi connectivity index (χ2n) is 13.7. The number of benzene rings is 2. The van der Waals surface area contributed by atoms with Crippen LogP contribution in [0.1, 0.15) is 54.3 Å². The largest absolute Gasteiger partial charge is 0.497 e. The van der Waals surface area contributed by atoms with Gasteiger partial charge in [-0.15, -0.1) is 0 Å². The van der Waals surface area contributed by atoms with Gasteiger partial charge in [0.15, 0.2) is 11.5 Å². The average molecular weight is 782 g/mol. The van der Waals surface area contributed by atoms with Crippen LogP contribution in [-0.4, -0.2) is 114 Å². The lowest BCUT2D eigenvalue weighted by Crippen LogP contribution is -2.58. The second-order valence-corrected chi connectivity index (χ2v) is 13.7. The fourth-order valence-corrected chi connectivity index (χ4v) is 8.16. The first-order valence-electron chi connectivity index (χ1n) is 18.3. The Hall–Kier alpha value is -5.48. The number of hydrogen-bond acceptors (Lipinski definition) is 13. The summed E-state index contributed by atoms with van der Waals surface area (Å²) in [7, 11) is 9.10. The number of hydrogen-bond donors (Lipinski definition) is 3. The van der Waals surface area contributed by atoms with Crippen LogP contribution < -0.4 is 24.3 Å². The lowest BCUT2D eigenvalue weighted by atomic mass is 9.63. The molecule has 6 rings (SSSR count). The molecule has 3 aliphatic rings. The van der Waals surface area contributed by atoms with Crippen molar-refractivity contribution in [2.24, 2.45) is 17.8 Å². The summed E-state index contributed by atoms with van der Waals surface area (Å²) in [5.41, 5.74) is 3.87. The molecule has 16 nitrogen and oxygen atoms in total. The zero-order valence-corrected chi connectivity index (χ0v) is 33.0. The van der Waals surface area contributed by atoms with E-state index >= 15 is 0 Å². The van der Waals surface area contributed by atoms with E-state index in [9.17, 15) is 19.2 Å². The van der Waals surface area contributed by atoms with E-state index in [1.165, 1.54) is 52.0 Å². The van der Waals surface area contributed by atoms with Gasteiger partial charge in [0.25, 0.3) is 0 Å². The summed E-state index contributed by atoms with van der Waals surface area (Å²) >= 11 is 0. The third-order valence-corrected chi connectivity index (χ3v) is 10.8. The zero-order chi connectivity index (χ0) is 40.7. The van der Waals surface area contributed by atoms with Gasteiger partial charge in [-0.2, -0.15) is 0 Å². The van der Waals surface area contributed by atoms with Crippen LogP contribution in [0.3, 0.4) is 0 Å². The summed E-state index contributed by atoms with van der Waals surface area (Å²) in [6.07, 6.45) is 1.35. The number of carboxylic acids is 1. The number of alkyl carbamates (subject to hydrolysis) is 1. The number of piperidine rings is 1. The molecule has 1 amide bonds. The number of nitrogens with zero attached hydrogens (tertiary/aromatic N) is 1. The molecular formula is C40H51N3O13. The van der Waals surface area contributed by atoms with E-state index in [0.29, 0.717) is 23.7 Å². The van der Waals surface area contributed by atoms with Crippen molar-refractivity contribution >= 4 is 34.9 Å². The van der Waals surface area contributed by atoms with E-state index in [2.05, 4.69) is 26.0 Å². The lowest BCUT2D eigenvalue weighted by molar-refractivity contribution is -0.176. The van der Waals surface area contributed by atoms with Gasteiger partial charge >= 0.3 is 24.0 Å². The van der Waals surface area contributed by atoms with Gasteiger partial charge in [-0.1, -0.05) is 0 Å². The van der Waals surface area contributed by atoms with Crippen LogP contribution in [0.2, 0.25) is 0 Å². The molecule has 2 aromatic carbocycles. The highest BCUT2D eigenvalue weighted by molar-refractivity contribution is 5.91. The van der Waals surface area contributed by atoms with E-state index in [-0.39, 0.29) is 41.6 Å². The van der Waals surface area contributed by atoms with Crippen molar-refractivity contribution in [1.29, 1.82) is 0 Å². The van der Waals surface area contributed by atoms with Crippen molar-refractivity contribution in [2.45, 2.75) is 51.4 Å². The molecule has 3 aromatic rings. The zero-order valence-electron chi connectivity index (χ0n) is 33.0. The SMILES string of the molecule is CCOC(=O)NC=C(C)C(=O)O.COC(=O)[C@H]1[C@H]2C[C@@H]3c4[nH]c5cc(OC)ccc5c4CCN3C[C@H]2C[C@@H](OC(=O)c2cc(OC)c(OC)c(OC)c2)[C@@H]1OC. The highest BCUT2D eigenvalue weighted by Crippen LogP contribution is 2.51. The number of esters is 2. The van der Waals surface area contributed by atoms with Crippen LogP contribution >= 0.6 is 0 Å². The number of aliphatic carboxylic acids is 1. The molecule has 6 atom stereocenters. The highest BCUT2D eigenvalue weighted by Gasteiger charge is 2.54. The number of carbonyl (C=O) groups is 4. The normalized spacial score (nSPS) is 22.8. The van der Waals surface area contributed by atoms with E-state index in [0.717, 1.165) is 43.4 Å². The van der Waals surface area contributed by atoms with Crippen molar-refractivity contribution in [3.05, 3.63) is 58.9 Å². The molecule has 56 heavy (non-hydrogen) atoms. The Balaban J connectivity index is 0.000000433. The number of amides is 1. The number of aromatic amines is 1. The predicted octanol–water partition coefficient (Wildman–Crippen LogP) is 4.89. The van der Waals surface area contributed by atoms with Crippen LogP contribution in [-0.2, 0) is 35.0 Å². The maximum absolute atomic E-state index is 13.5. The van der Waals surface area contributed by atoms with Crippen LogP contribution in [0.4, 0.5) is 4.79 Å². The fraction of sp³-hybridized carbons (Fsp3) is 0.500. The minimum Gasteiger partial charge on any atom is -0.497 e. The lowest BCUT2D eigenvalue weighted by Gasteiger charge is -2.52. The molecule has 1 aliphatic carbocycles. The number of aromatic nitrogens is 1. The fourth-order valence-electron chi connectivity index (χ4n) is 8.16. The van der Waals surface area contributed by atoms with Gasteiger partial charge in [-0.05, 0) is 74.8 Å². The van der Waals surface area contributed by atoms with Crippen molar-refractivity contribution in [3.63, 3.8) is 0 Å². The third kappa shape index (κ3) is 8.65. The molecule has 2 fully saturated rings. The van der Waals surface area contributed by atoms with Crippen LogP contribution in [0.25, 0.3) is 10.9 Å². The summed E-state index contributed by atoms with van der Waals surface area (Å²) < 4.78 is 43.6. The van der Waals surface area contributed by atoms with Gasteiger partial charge in [-0.25, -0.2) is 14.4 Å². The second kappa shape index (κ2) is 18.4. The van der Waals surface area contributed by atoms with Gasteiger partial charge in [-0.3, -0.25) is 15.0 Å². The molecule has 1 saturated heterocycles. The number of fused-ring (bicyclic) bond motifs is 6. The maximum atomic E-state index is 13.5. The molecule has 0 bridgehead atoms. The first kappa shape index (κ1) is 41.7. The van der Waals surface area contributed by atoms with E-state index in [1.54, 1.807) is 33.3 Å². The maximum Gasteiger partial charge on any atom is 0.411 e. The van der Waals surface area contributed by atoms with Crippen molar-refractivity contribution < 1.29 is 62.2 Å². The molecule has 3 N–H and O–H groups in total. The standard InChI is InChI=1S/C33H40N2O9.C7H11NO4/c1-38-19-7-8-20-21-9-10-35-16-18-13-27(44-32(36)17-11-25(39-2)30(41-4)26(12-17)40-3)31(42-5)28(33(37)43-6)22(18)15-24(35)29(21)34-23(20)14-19;1-3-12-7(11)8-4-5(2)6(9)10/h7-8,11-12,14,18,22,24,27-28,31,34H,9-10,13,15-16H2,1-6H3;4H,3H2,1-2H3,(H,8,11)(H,9,10)/t18-,22+,24-,27-,28+,31+;/m1./s1. The first-order chi connectivity index (χ1) is 26.9. The summed E-state index contributed by atoms with van der Waals surface area (Å²) in [6, 6.07) is 9.40. The third-order valence-electron chi connectivity index (χ3n) is 10.8. The quantitative estimate of drug-likeness (QED) is 0.135. The molecule has 3 heterocycles. The molecule has 2 aliphatic heterocycles. The van der Waals surface area contributed by atoms with Gasteiger partial charge in [0.05, 0.1) is 65.3 Å². The van der Waals surface area contributed by atoms with Crippen LogP contribution in [0.5, 0.6) is 23.0 Å². The van der Waals surface area contributed by atoms with Crippen molar-refractivity contribution in [3.8, 4) is 23.0 Å². The van der Waals surface area contributed by atoms with E-state index in [1.807, 2.05) is 12.1 Å². The number of carboxylic acid groups (broad SMARTS) is 1. The van der Waals surface area contributed by atoms with Crippen molar-refractivity contribution in [1.82, 2.24) is 15.2 Å². The molecular weight excluding hydrogens is 730 g/mol. The Kier molecular flexibility index (Phi) is 13.7. The smallest absolute Gasteiger partial charge is 0.411 e. The monoisotopic (exact) mass is 781 g/mol. The topological polar surface area (TPSA) is 193 Å². The Morgan fingerprint density at radius 1 is 0.964 bits per heavy atom. The highest BCUT2D eigenvalue weighted by atomic mass is 16.6. The van der Waals surface area contributed by atoms with Crippen molar-refractivity contribution in [2.75, 3.05) is 62.4 Å². The van der Waals surface area contributed by atoms with Gasteiger partial charge < -0.3 is 48.0 Å². The number of H-pyrrole nitrogens is 1. The summed E-state index contributed by atoms with van der Waals surface area (Å²) in [5, 5.41) is 11.7.